The van der Waals surface area contributed by atoms with Crippen LogP contribution in [0, 0.1) is 6.92 Å². The fraction of sp³-hybridized carbons (Fsp3) is 0.667. The van der Waals surface area contributed by atoms with E-state index in [0.29, 0.717) is 11.7 Å². The van der Waals surface area contributed by atoms with Crippen molar-refractivity contribution in [3.63, 3.8) is 0 Å². The van der Waals surface area contributed by atoms with Crippen molar-refractivity contribution in [3.05, 3.63) is 16.1 Å². The van der Waals surface area contributed by atoms with E-state index < -0.39 is 12.0 Å². The van der Waals surface area contributed by atoms with Gasteiger partial charge in [-0.2, -0.15) is 0 Å². The highest BCUT2D eigenvalue weighted by atomic mass is 32.1. The number of hydrogen-bond donors (Lipinski definition) is 2. The fourth-order valence-corrected chi connectivity index (χ4v) is 2.94. The quantitative estimate of drug-likeness (QED) is 0.866. The van der Waals surface area contributed by atoms with E-state index in [-0.39, 0.29) is 0 Å². The number of nitrogens with zero attached hydrogens (tertiary/aromatic N) is 1. The molecule has 2 rings (SSSR count). The highest BCUT2D eigenvalue weighted by molar-refractivity contribution is 7.09. The van der Waals surface area contributed by atoms with Crippen LogP contribution in [0.1, 0.15) is 48.8 Å². The Morgan fingerprint density at radius 1 is 1.53 bits per heavy atom. The average molecular weight is 254 g/mol. The summed E-state index contributed by atoms with van der Waals surface area (Å²) in [6.45, 7) is 1.90. The molecule has 4 nitrogen and oxygen atoms in total. The Morgan fingerprint density at radius 2 is 2.24 bits per heavy atom. The smallest absolute Gasteiger partial charge is 0.327 e. The van der Waals surface area contributed by atoms with Gasteiger partial charge in [0.1, 0.15) is 6.04 Å². The van der Waals surface area contributed by atoms with E-state index in [1.807, 2.05) is 12.3 Å². The summed E-state index contributed by atoms with van der Waals surface area (Å²) in [4.78, 5) is 15.6. The maximum absolute atomic E-state index is 11.3. The molecule has 0 radical (unpaired) electrons. The first-order valence-corrected chi connectivity index (χ1v) is 6.95. The Kier molecular flexibility index (Phi) is 4.12. The number of hydrogen-bond acceptors (Lipinski definition) is 4. The first kappa shape index (κ1) is 12.5. The van der Waals surface area contributed by atoms with Crippen LogP contribution in [-0.2, 0) is 4.79 Å². The molecule has 1 saturated carbocycles. The van der Waals surface area contributed by atoms with Gasteiger partial charge in [-0.1, -0.05) is 19.3 Å². The molecular formula is C12H18N2O2S. The summed E-state index contributed by atoms with van der Waals surface area (Å²) in [5, 5.41) is 15.2. The van der Waals surface area contributed by atoms with Crippen LogP contribution >= 0.6 is 11.3 Å². The minimum absolute atomic E-state index is 0.326. The summed E-state index contributed by atoms with van der Waals surface area (Å²) < 4.78 is 0. The van der Waals surface area contributed by atoms with E-state index in [2.05, 4.69) is 10.3 Å². The topological polar surface area (TPSA) is 62.2 Å². The predicted octanol–water partition coefficient (Wildman–Crippen LogP) is 2.50. The molecule has 1 aromatic heterocycles. The van der Waals surface area contributed by atoms with Crippen molar-refractivity contribution in [2.75, 3.05) is 0 Å². The number of aromatic nitrogens is 1. The third-order valence-corrected chi connectivity index (χ3v) is 3.98. The Hall–Kier alpha value is -0.940. The Bertz CT molecular complexity index is 386. The molecular weight excluding hydrogens is 236 g/mol. The normalized spacial score (nSPS) is 19.1. The summed E-state index contributed by atoms with van der Waals surface area (Å²) in [6, 6.07) is -0.324. The van der Waals surface area contributed by atoms with Gasteiger partial charge in [-0.3, -0.25) is 10.1 Å². The molecule has 1 aromatic rings. The predicted molar refractivity (Wildman–Crippen MR) is 67.2 cm³/mol. The lowest BCUT2D eigenvalue weighted by Gasteiger charge is -2.25. The zero-order valence-electron chi connectivity index (χ0n) is 9.98. The maximum atomic E-state index is 11.3. The van der Waals surface area contributed by atoms with Crippen molar-refractivity contribution in [2.45, 2.75) is 51.1 Å². The second kappa shape index (κ2) is 5.60. The molecule has 1 fully saturated rings. The second-order valence-electron chi connectivity index (χ2n) is 4.56. The van der Waals surface area contributed by atoms with Gasteiger partial charge in [-0.25, -0.2) is 4.98 Å². The van der Waals surface area contributed by atoms with Gasteiger partial charge in [-0.05, 0) is 19.8 Å². The zero-order chi connectivity index (χ0) is 12.3. The van der Waals surface area contributed by atoms with E-state index in [1.54, 1.807) is 0 Å². The SMILES string of the molecule is Cc1nc(C(NC2CCCCC2)C(=O)O)cs1. The number of carbonyl (C=O) groups is 1. The molecule has 0 bridgehead atoms. The third kappa shape index (κ3) is 3.26. The van der Waals surface area contributed by atoms with Gasteiger partial charge in [0.25, 0.3) is 0 Å². The molecule has 1 aliphatic carbocycles. The number of carboxylic acid groups (broad SMARTS) is 1. The van der Waals surface area contributed by atoms with Gasteiger partial charge in [0.05, 0.1) is 10.7 Å². The molecule has 1 unspecified atom stereocenters. The lowest BCUT2D eigenvalue weighted by Crippen LogP contribution is -2.38. The highest BCUT2D eigenvalue weighted by Gasteiger charge is 2.26. The van der Waals surface area contributed by atoms with Crippen LogP contribution in [0.2, 0.25) is 0 Å². The minimum atomic E-state index is -0.833. The summed E-state index contributed by atoms with van der Waals surface area (Å²) >= 11 is 1.50. The van der Waals surface area contributed by atoms with Gasteiger partial charge >= 0.3 is 5.97 Å². The molecule has 0 saturated heterocycles. The van der Waals surface area contributed by atoms with Crippen LogP contribution in [0.15, 0.2) is 5.38 Å². The van der Waals surface area contributed by atoms with Crippen LogP contribution in [0.3, 0.4) is 0 Å². The molecule has 0 aliphatic heterocycles. The van der Waals surface area contributed by atoms with E-state index in [9.17, 15) is 9.90 Å². The van der Waals surface area contributed by atoms with Crippen molar-refractivity contribution in [3.8, 4) is 0 Å². The molecule has 1 atom stereocenters. The summed E-state index contributed by atoms with van der Waals surface area (Å²) in [5.41, 5.74) is 0.644. The first-order valence-electron chi connectivity index (χ1n) is 6.07. The van der Waals surface area contributed by atoms with Gasteiger partial charge in [0.15, 0.2) is 0 Å². The van der Waals surface area contributed by atoms with Crippen LogP contribution in [0.5, 0.6) is 0 Å². The molecule has 0 aromatic carbocycles. The monoisotopic (exact) mass is 254 g/mol. The Morgan fingerprint density at radius 3 is 2.76 bits per heavy atom. The largest absolute Gasteiger partial charge is 0.480 e. The molecule has 2 N–H and O–H groups in total. The van der Waals surface area contributed by atoms with Crippen molar-refractivity contribution < 1.29 is 9.90 Å². The number of thiazole rings is 1. The van der Waals surface area contributed by atoms with Crippen LogP contribution in [0.25, 0.3) is 0 Å². The van der Waals surface area contributed by atoms with E-state index in [4.69, 9.17) is 0 Å². The maximum Gasteiger partial charge on any atom is 0.327 e. The molecule has 5 heteroatoms. The first-order chi connectivity index (χ1) is 8.16. The minimum Gasteiger partial charge on any atom is -0.480 e. The highest BCUT2D eigenvalue weighted by Crippen LogP contribution is 2.22. The molecule has 17 heavy (non-hydrogen) atoms. The lowest BCUT2D eigenvalue weighted by molar-refractivity contribution is -0.140. The Balaban J connectivity index is 2.04. The number of rotatable bonds is 4. The van der Waals surface area contributed by atoms with Crippen molar-refractivity contribution >= 4 is 17.3 Å². The molecule has 94 valence electrons. The summed E-state index contributed by atoms with van der Waals surface area (Å²) in [6.07, 6.45) is 5.81. The number of carboxylic acids is 1. The van der Waals surface area contributed by atoms with Crippen LogP contribution in [-0.4, -0.2) is 22.1 Å². The average Bonchev–Trinajstić information content (AvgIpc) is 2.73. The molecule has 1 heterocycles. The standard InChI is InChI=1S/C12H18N2O2S/c1-8-13-10(7-17-8)11(12(15)16)14-9-5-3-2-4-6-9/h7,9,11,14H,2-6H2,1H3,(H,15,16). The molecule has 1 aliphatic rings. The van der Waals surface area contributed by atoms with Gasteiger partial charge in [0.2, 0.25) is 0 Å². The molecule has 0 amide bonds. The van der Waals surface area contributed by atoms with Gasteiger partial charge < -0.3 is 5.11 Å². The Labute approximate surface area is 105 Å². The van der Waals surface area contributed by atoms with Crippen molar-refractivity contribution in [1.82, 2.24) is 10.3 Å². The summed E-state index contributed by atoms with van der Waals surface area (Å²) in [5.74, 6) is -0.833. The van der Waals surface area contributed by atoms with Crippen molar-refractivity contribution in [1.29, 1.82) is 0 Å². The zero-order valence-corrected chi connectivity index (χ0v) is 10.8. The number of aryl methyl sites for hydroxylation is 1. The van der Waals surface area contributed by atoms with Gasteiger partial charge in [-0.15, -0.1) is 11.3 Å². The fourth-order valence-electron chi connectivity index (χ4n) is 2.30. The third-order valence-electron chi connectivity index (χ3n) is 3.19. The van der Waals surface area contributed by atoms with Gasteiger partial charge in [0, 0.05) is 11.4 Å². The number of nitrogens with one attached hydrogen (secondary N) is 1. The van der Waals surface area contributed by atoms with Crippen LogP contribution in [0.4, 0.5) is 0 Å². The van der Waals surface area contributed by atoms with Crippen molar-refractivity contribution in [2.24, 2.45) is 0 Å². The van der Waals surface area contributed by atoms with Crippen LogP contribution < -0.4 is 5.32 Å². The summed E-state index contributed by atoms with van der Waals surface area (Å²) in [7, 11) is 0. The van der Waals surface area contributed by atoms with E-state index >= 15 is 0 Å². The van der Waals surface area contributed by atoms with E-state index in [0.717, 1.165) is 17.8 Å². The second-order valence-corrected chi connectivity index (χ2v) is 5.63. The van der Waals surface area contributed by atoms with E-state index in [1.165, 1.54) is 30.6 Å². The number of aliphatic carboxylic acids is 1. The lowest BCUT2D eigenvalue weighted by atomic mass is 9.94. The molecule has 0 spiro atoms.